The lowest BCUT2D eigenvalue weighted by Crippen LogP contribution is -2.49. The smallest absolute Gasteiger partial charge is 0.255 e. The molecule has 9 nitrogen and oxygen atoms in total. The minimum absolute atomic E-state index is 0.0384. The summed E-state index contributed by atoms with van der Waals surface area (Å²) in [6.07, 6.45) is 0.774. The number of amides is 2. The maximum absolute atomic E-state index is 12.8. The maximum Gasteiger partial charge on any atom is 0.255 e. The molecule has 1 saturated heterocycles. The summed E-state index contributed by atoms with van der Waals surface area (Å²) < 4.78 is 38.0. The second-order valence-corrected chi connectivity index (χ2v) is 8.82. The SMILES string of the molecule is O=C1CN(S(=O)(=O)c2cccc(C(=O)Nc3ccc4c(c3)OCCCO4)c2)CCN1. The molecule has 0 spiro atoms. The van der Waals surface area contributed by atoms with Gasteiger partial charge in [0, 0.05) is 36.8 Å². The number of nitrogens with zero attached hydrogens (tertiary/aromatic N) is 1. The van der Waals surface area contributed by atoms with Gasteiger partial charge in [0.15, 0.2) is 11.5 Å². The van der Waals surface area contributed by atoms with E-state index in [1.165, 1.54) is 24.3 Å². The van der Waals surface area contributed by atoms with E-state index in [2.05, 4.69) is 10.6 Å². The monoisotopic (exact) mass is 431 g/mol. The number of anilines is 1. The van der Waals surface area contributed by atoms with E-state index in [9.17, 15) is 18.0 Å². The van der Waals surface area contributed by atoms with Crippen molar-refractivity contribution in [3.63, 3.8) is 0 Å². The molecule has 2 aromatic carbocycles. The van der Waals surface area contributed by atoms with Crippen LogP contribution in [0.2, 0.25) is 0 Å². The third kappa shape index (κ3) is 4.24. The molecule has 2 N–H and O–H groups in total. The van der Waals surface area contributed by atoms with E-state index < -0.39 is 15.9 Å². The summed E-state index contributed by atoms with van der Waals surface area (Å²) in [5, 5.41) is 5.34. The highest BCUT2D eigenvalue weighted by Gasteiger charge is 2.29. The Balaban J connectivity index is 1.53. The van der Waals surface area contributed by atoms with Crippen molar-refractivity contribution in [1.29, 1.82) is 0 Å². The Kier molecular flexibility index (Phi) is 5.60. The molecule has 10 heteroatoms. The van der Waals surface area contributed by atoms with E-state index in [4.69, 9.17) is 9.47 Å². The number of carbonyl (C=O) groups is 2. The van der Waals surface area contributed by atoms with Gasteiger partial charge in [0.2, 0.25) is 15.9 Å². The highest BCUT2D eigenvalue weighted by atomic mass is 32.2. The number of fused-ring (bicyclic) bond motifs is 1. The van der Waals surface area contributed by atoms with E-state index >= 15 is 0 Å². The molecule has 0 unspecified atom stereocenters. The Morgan fingerprint density at radius 2 is 1.87 bits per heavy atom. The van der Waals surface area contributed by atoms with Crippen LogP contribution in [0.4, 0.5) is 5.69 Å². The van der Waals surface area contributed by atoms with Crippen molar-refractivity contribution in [1.82, 2.24) is 9.62 Å². The molecule has 1 fully saturated rings. The molecule has 2 aliphatic heterocycles. The average Bonchev–Trinajstić information content (AvgIpc) is 2.99. The van der Waals surface area contributed by atoms with Crippen LogP contribution in [-0.4, -0.2) is 57.4 Å². The van der Waals surface area contributed by atoms with Crippen LogP contribution >= 0.6 is 0 Å². The van der Waals surface area contributed by atoms with Crippen molar-refractivity contribution >= 4 is 27.5 Å². The van der Waals surface area contributed by atoms with Crippen LogP contribution in [0.25, 0.3) is 0 Å². The quantitative estimate of drug-likeness (QED) is 0.753. The topological polar surface area (TPSA) is 114 Å². The fourth-order valence-electron chi connectivity index (χ4n) is 3.21. The molecule has 4 rings (SSSR count). The first-order valence-corrected chi connectivity index (χ1v) is 11.0. The standard InChI is InChI=1S/C20H21N3O6S/c24-19-13-23(8-7-21-19)30(26,27)16-4-1-3-14(11-16)20(25)22-15-5-6-17-18(12-15)29-10-2-9-28-17/h1,3-6,11-12H,2,7-10,13H2,(H,21,24)(H,22,25). The van der Waals surface area contributed by atoms with Crippen molar-refractivity contribution in [2.24, 2.45) is 0 Å². The lowest BCUT2D eigenvalue weighted by Gasteiger charge is -2.26. The maximum atomic E-state index is 12.8. The second kappa shape index (κ2) is 8.33. The van der Waals surface area contributed by atoms with Crippen LogP contribution in [0, 0.1) is 0 Å². The van der Waals surface area contributed by atoms with Gasteiger partial charge >= 0.3 is 0 Å². The summed E-state index contributed by atoms with van der Waals surface area (Å²) in [4.78, 5) is 24.2. The fraction of sp³-hybridized carbons (Fsp3) is 0.300. The Bertz CT molecular complexity index is 1090. The fourth-order valence-corrected chi connectivity index (χ4v) is 4.65. The molecule has 2 aromatic rings. The number of benzene rings is 2. The minimum atomic E-state index is -3.88. The Hall–Kier alpha value is -3.11. The number of hydrogen-bond acceptors (Lipinski definition) is 6. The summed E-state index contributed by atoms with van der Waals surface area (Å²) >= 11 is 0. The van der Waals surface area contributed by atoms with E-state index in [1.54, 1.807) is 18.2 Å². The van der Waals surface area contributed by atoms with E-state index in [1.807, 2.05) is 0 Å². The van der Waals surface area contributed by atoms with Crippen molar-refractivity contribution in [2.45, 2.75) is 11.3 Å². The molecule has 0 bridgehead atoms. The molecule has 2 heterocycles. The van der Waals surface area contributed by atoms with Crippen LogP contribution in [0.1, 0.15) is 16.8 Å². The molecular weight excluding hydrogens is 410 g/mol. The van der Waals surface area contributed by atoms with Gasteiger partial charge in [0.1, 0.15) is 0 Å². The zero-order chi connectivity index (χ0) is 21.1. The molecule has 30 heavy (non-hydrogen) atoms. The van der Waals surface area contributed by atoms with Crippen LogP contribution < -0.4 is 20.1 Å². The number of piperazine rings is 1. The third-order valence-corrected chi connectivity index (χ3v) is 6.58. The van der Waals surface area contributed by atoms with Gasteiger partial charge < -0.3 is 20.1 Å². The summed E-state index contributed by atoms with van der Waals surface area (Å²) in [5.74, 6) is 0.347. The van der Waals surface area contributed by atoms with Crippen molar-refractivity contribution in [2.75, 3.05) is 38.2 Å². The van der Waals surface area contributed by atoms with Gasteiger partial charge in [-0.3, -0.25) is 9.59 Å². The number of sulfonamides is 1. The summed E-state index contributed by atoms with van der Waals surface area (Å²) in [7, 11) is -3.88. The Labute approximate surface area is 174 Å². The van der Waals surface area contributed by atoms with Crippen LogP contribution in [0.15, 0.2) is 47.4 Å². The van der Waals surface area contributed by atoms with E-state index in [0.29, 0.717) is 30.4 Å². The molecule has 0 atom stereocenters. The summed E-state index contributed by atoms with van der Waals surface area (Å²) in [6.45, 7) is 1.29. The Morgan fingerprint density at radius 3 is 2.67 bits per heavy atom. The number of carbonyl (C=O) groups excluding carboxylic acids is 2. The van der Waals surface area contributed by atoms with Gasteiger partial charge in [0.05, 0.1) is 24.7 Å². The van der Waals surface area contributed by atoms with Gasteiger partial charge in [-0.1, -0.05) is 6.07 Å². The van der Waals surface area contributed by atoms with Crippen molar-refractivity contribution < 1.29 is 27.5 Å². The van der Waals surface area contributed by atoms with Crippen molar-refractivity contribution in [3.8, 4) is 11.5 Å². The largest absolute Gasteiger partial charge is 0.490 e. The summed E-state index contributed by atoms with van der Waals surface area (Å²) in [5.41, 5.74) is 0.690. The van der Waals surface area contributed by atoms with Gasteiger partial charge in [-0.25, -0.2) is 8.42 Å². The molecule has 2 aliphatic rings. The third-order valence-electron chi connectivity index (χ3n) is 4.74. The van der Waals surface area contributed by atoms with Gasteiger partial charge in [0.25, 0.3) is 5.91 Å². The zero-order valence-electron chi connectivity index (χ0n) is 16.1. The molecular formula is C20H21N3O6S. The van der Waals surface area contributed by atoms with E-state index in [0.717, 1.165) is 10.7 Å². The first-order valence-electron chi connectivity index (χ1n) is 9.51. The molecule has 0 aromatic heterocycles. The lowest BCUT2D eigenvalue weighted by molar-refractivity contribution is -0.122. The zero-order valence-corrected chi connectivity index (χ0v) is 16.9. The highest BCUT2D eigenvalue weighted by molar-refractivity contribution is 7.89. The van der Waals surface area contributed by atoms with Crippen LogP contribution in [0.3, 0.4) is 0 Å². The van der Waals surface area contributed by atoms with Gasteiger partial charge in [-0.15, -0.1) is 0 Å². The van der Waals surface area contributed by atoms with Crippen molar-refractivity contribution in [3.05, 3.63) is 48.0 Å². The number of nitrogens with one attached hydrogen (secondary N) is 2. The second-order valence-electron chi connectivity index (χ2n) is 6.88. The predicted molar refractivity (Wildman–Crippen MR) is 108 cm³/mol. The molecule has 158 valence electrons. The normalized spacial score (nSPS) is 17.0. The first kappa shape index (κ1) is 20.2. The Morgan fingerprint density at radius 1 is 1.07 bits per heavy atom. The van der Waals surface area contributed by atoms with Gasteiger partial charge in [-0.05, 0) is 30.3 Å². The predicted octanol–water partition coefficient (Wildman–Crippen LogP) is 1.22. The van der Waals surface area contributed by atoms with Crippen LogP contribution in [-0.2, 0) is 14.8 Å². The average molecular weight is 431 g/mol. The van der Waals surface area contributed by atoms with Gasteiger partial charge in [-0.2, -0.15) is 4.31 Å². The molecule has 0 aliphatic carbocycles. The number of hydrogen-bond donors (Lipinski definition) is 2. The number of rotatable bonds is 4. The highest BCUT2D eigenvalue weighted by Crippen LogP contribution is 2.32. The van der Waals surface area contributed by atoms with E-state index in [-0.39, 0.29) is 36.0 Å². The van der Waals surface area contributed by atoms with Crippen LogP contribution in [0.5, 0.6) is 11.5 Å². The summed E-state index contributed by atoms with van der Waals surface area (Å²) in [6, 6.07) is 10.8. The molecule has 0 radical (unpaired) electrons. The lowest BCUT2D eigenvalue weighted by atomic mass is 10.2. The first-order chi connectivity index (χ1) is 14.4. The minimum Gasteiger partial charge on any atom is -0.490 e. The number of ether oxygens (including phenoxy) is 2. The molecule has 0 saturated carbocycles. The molecule has 2 amide bonds.